The van der Waals surface area contributed by atoms with E-state index in [1.165, 1.54) is 12.1 Å². The Hall–Kier alpha value is -3.00. The predicted molar refractivity (Wildman–Crippen MR) is 116 cm³/mol. The second kappa shape index (κ2) is 8.09. The minimum atomic E-state index is -0.991. The van der Waals surface area contributed by atoms with Gasteiger partial charge in [-0.1, -0.05) is 6.07 Å². The molecule has 3 saturated heterocycles. The van der Waals surface area contributed by atoms with Gasteiger partial charge in [-0.05, 0) is 55.2 Å². The van der Waals surface area contributed by atoms with E-state index in [1.807, 2.05) is 19.1 Å². The number of hydrogen-bond donors (Lipinski definition) is 0. The molecule has 0 aliphatic carbocycles. The number of likely N-dealkylation sites (tertiary alicyclic amines) is 1. The molecule has 2 amide bonds. The first-order valence-corrected chi connectivity index (χ1v) is 11.2. The van der Waals surface area contributed by atoms with Crippen molar-refractivity contribution in [1.29, 1.82) is 0 Å². The van der Waals surface area contributed by atoms with Crippen molar-refractivity contribution in [3.63, 3.8) is 0 Å². The SMILES string of the molecule is COc1ccc(C)c(C(=O)N2CCC3(CC2)O[C@@H]2CC[C@@H](c4cc(F)cc(F)c4)N2C3=O)c1. The molecule has 2 atom stereocenters. The number of halogens is 2. The van der Waals surface area contributed by atoms with Crippen LogP contribution in [-0.4, -0.2) is 53.6 Å². The van der Waals surface area contributed by atoms with Gasteiger partial charge in [-0.3, -0.25) is 9.59 Å². The number of aryl methyl sites for hydroxylation is 1. The maximum Gasteiger partial charge on any atom is 0.257 e. The molecule has 2 aromatic rings. The van der Waals surface area contributed by atoms with Crippen molar-refractivity contribution in [1.82, 2.24) is 9.80 Å². The van der Waals surface area contributed by atoms with Crippen LogP contribution in [-0.2, 0) is 9.53 Å². The van der Waals surface area contributed by atoms with Gasteiger partial charge in [0.15, 0.2) is 5.60 Å². The van der Waals surface area contributed by atoms with Crippen LogP contribution in [0.3, 0.4) is 0 Å². The van der Waals surface area contributed by atoms with Crippen LogP contribution in [0, 0.1) is 18.6 Å². The third-order valence-corrected chi connectivity index (χ3v) is 7.12. The summed E-state index contributed by atoms with van der Waals surface area (Å²) in [4.78, 5) is 30.0. The maximum atomic E-state index is 13.8. The first-order valence-electron chi connectivity index (χ1n) is 11.2. The average molecular weight is 456 g/mol. The van der Waals surface area contributed by atoms with Crippen LogP contribution >= 0.6 is 0 Å². The number of piperidine rings is 1. The van der Waals surface area contributed by atoms with Gasteiger partial charge in [0.05, 0.1) is 13.2 Å². The summed E-state index contributed by atoms with van der Waals surface area (Å²) in [6.45, 7) is 2.66. The zero-order chi connectivity index (χ0) is 23.3. The van der Waals surface area contributed by atoms with E-state index in [-0.39, 0.29) is 11.8 Å². The second-order valence-electron chi connectivity index (χ2n) is 9.05. The van der Waals surface area contributed by atoms with Crippen LogP contribution in [0.1, 0.15) is 53.2 Å². The first-order chi connectivity index (χ1) is 15.8. The molecular weight excluding hydrogens is 430 g/mol. The lowest BCUT2D eigenvalue weighted by atomic mass is 9.89. The van der Waals surface area contributed by atoms with Gasteiger partial charge >= 0.3 is 0 Å². The minimum absolute atomic E-state index is 0.0969. The van der Waals surface area contributed by atoms with E-state index in [0.29, 0.717) is 55.6 Å². The highest BCUT2D eigenvalue weighted by Crippen LogP contribution is 2.47. The van der Waals surface area contributed by atoms with Crippen LogP contribution in [0.5, 0.6) is 5.75 Å². The van der Waals surface area contributed by atoms with Gasteiger partial charge in [0.25, 0.3) is 11.8 Å². The molecule has 33 heavy (non-hydrogen) atoms. The summed E-state index contributed by atoms with van der Waals surface area (Å²) in [7, 11) is 1.56. The van der Waals surface area contributed by atoms with Gasteiger partial charge in [0.2, 0.25) is 0 Å². The van der Waals surface area contributed by atoms with E-state index in [0.717, 1.165) is 11.6 Å². The number of fused-ring (bicyclic) bond motifs is 1. The fraction of sp³-hybridized carbons (Fsp3) is 0.440. The molecule has 1 spiro atoms. The molecule has 3 aliphatic heterocycles. The molecule has 0 aromatic heterocycles. The number of carbonyl (C=O) groups excluding carboxylic acids is 2. The molecule has 174 valence electrons. The van der Waals surface area contributed by atoms with Gasteiger partial charge in [-0.15, -0.1) is 0 Å². The lowest BCUT2D eigenvalue weighted by Gasteiger charge is -2.37. The van der Waals surface area contributed by atoms with E-state index in [2.05, 4.69) is 0 Å². The molecule has 3 fully saturated rings. The molecule has 0 radical (unpaired) electrons. The van der Waals surface area contributed by atoms with Crippen molar-refractivity contribution in [2.24, 2.45) is 0 Å². The van der Waals surface area contributed by atoms with Gasteiger partial charge in [0, 0.05) is 37.6 Å². The van der Waals surface area contributed by atoms with Gasteiger partial charge in [-0.2, -0.15) is 0 Å². The summed E-state index contributed by atoms with van der Waals surface area (Å²) in [5.41, 5.74) is 0.901. The third-order valence-electron chi connectivity index (χ3n) is 7.12. The van der Waals surface area contributed by atoms with E-state index >= 15 is 0 Å². The molecule has 0 unspecified atom stereocenters. The normalized spacial score (nSPS) is 23.8. The molecule has 0 bridgehead atoms. The second-order valence-corrected chi connectivity index (χ2v) is 9.05. The Morgan fingerprint density at radius 2 is 1.79 bits per heavy atom. The quantitative estimate of drug-likeness (QED) is 0.701. The van der Waals surface area contributed by atoms with E-state index in [1.54, 1.807) is 23.0 Å². The number of hydrogen-bond acceptors (Lipinski definition) is 4. The molecule has 3 aliphatic rings. The van der Waals surface area contributed by atoms with Crippen molar-refractivity contribution in [2.45, 2.75) is 50.5 Å². The van der Waals surface area contributed by atoms with Gasteiger partial charge in [-0.25, -0.2) is 8.78 Å². The standard InChI is InChI=1S/C25H26F2N2O4/c1-15-3-4-19(32-2)14-20(15)23(30)28-9-7-25(8-10-28)24(31)29-21(5-6-22(29)33-25)16-11-17(26)13-18(27)12-16/h3-4,11-14,21-22H,5-10H2,1-2H3/t21-,22+/m0/s1. The Balaban J connectivity index is 1.32. The van der Waals surface area contributed by atoms with Crippen LogP contribution in [0.15, 0.2) is 36.4 Å². The number of nitrogens with zero attached hydrogens (tertiary/aromatic N) is 2. The number of ether oxygens (including phenoxy) is 2. The molecule has 5 rings (SSSR count). The van der Waals surface area contributed by atoms with E-state index < -0.39 is 29.5 Å². The fourth-order valence-electron chi connectivity index (χ4n) is 5.34. The Morgan fingerprint density at radius 3 is 2.45 bits per heavy atom. The number of benzene rings is 2. The van der Waals surface area contributed by atoms with Crippen LogP contribution < -0.4 is 4.74 Å². The van der Waals surface area contributed by atoms with Gasteiger partial charge < -0.3 is 19.3 Å². The molecule has 8 heteroatoms. The number of rotatable bonds is 3. The number of methoxy groups -OCH3 is 1. The molecule has 6 nitrogen and oxygen atoms in total. The molecular formula is C25H26F2N2O4. The Kier molecular flexibility index (Phi) is 5.35. The lowest BCUT2D eigenvalue weighted by molar-refractivity contribution is -0.142. The Labute approximate surface area is 191 Å². The zero-order valence-electron chi connectivity index (χ0n) is 18.6. The Bertz CT molecular complexity index is 1090. The summed E-state index contributed by atoms with van der Waals surface area (Å²) >= 11 is 0. The summed E-state index contributed by atoms with van der Waals surface area (Å²) in [5, 5.41) is 0. The smallest absolute Gasteiger partial charge is 0.257 e. The van der Waals surface area contributed by atoms with Gasteiger partial charge in [0.1, 0.15) is 23.6 Å². The van der Waals surface area contributed by atoms with Crippen molar-refractivity contribution in [2.75, 3.05) is 20.2 Å². The first kappa shape index (κ1) is 21.8. The summed E-state index contributed by atoms with van der Waals surface area (Å²) in [6, 6.07) is 8.39. The maximum absolute atomic E-state index is 13.8. The largest absolute Gasteiger partial charge is 0.497 e. The summed E-state index contributed by atoms with van der Waals surface area (Å²) in [5.74, 6) is -0.942. The predicted octanol–water partition coefficient (Wildman–Crippen LogP) is 3.98. The average Bonchev–Trinajstić information content (AvgIpc) is 3.31. The van der Waals surface area contributed by atoms with Crippen molar-refractivity contribution in [3.8, 4) is 5.75 Å². The minimum Gasteiger partial charge on any atom is -0.497 e. The fourth-order valence-corrected chi connectivity index (χ4v) is 5.34. The van der Waals surface area contributed by atoms with Crippen molar-refractivity contribution in [3.05, 3.63) is 64.7 Å². The van der Waals surface area contributed by atoms with Crippen molar-refractivity contribution >= 4 is 11.8 Å². The zero-order valence-corrected chi connectivity index (χ0v) is 18.6. The highest BCUT2D eigenvalue weighted by Gasteiger charge is 2.58. The molecule has 3 heterocycles. The van der Waals surface area contributed by atoms with Crippen molar-refractivity contribution < 1.29 is 27.8 Å². The number of amides is 2. The topological polar surface area (TPSA) is 59.1 Å². The monoisotopic (exact) mass is 456 g/mol. The van der Waals surface area contributed by atoms with Crippen LogP contribution in [0.25, 0.3) is 0 Å². The molecule has 0 saturated carbocycles. The summed E-state index contributed by atoms with van der Waals surface area (Å²) in [6.07, 6.45) is 1.57. The molecule has 2 aromatic carbocycles. The Morgan fingerprint density at radius 1 is 1.09 bits per heavy atom. The highest BCUT2D eigenvalue weighted by atomic mass is 19.1. The van der Waals surface area contributed by atoms with E-state index in [4.69, 9.17) is 9.47 Å². The lowest BCUT2D eigenvalue weighted by Crippen LogP contribution is -2.51. The van der Waals surface area contributed by atoms with Crippen LogP contribution in [0.2, 0.25) is 0 Å². The van der Waals surface area contributed by atoms with E-state index in [9.17, 15) is 18.4 Å². The number of carbonyl (C=O) groups is 2. The van der Waals surface area contributed by atoms with Crippen LogP contribution in [0.4, 0.5) is 8.78 Å². The third kappa shape index (κ3) is 3.66. The highest BCUT2D eigenvalue weighted by molar-refractivity contribution is 5.96. The molecule has 0 N–H and O–H groups in total. The summed E-state index contributed by atoms with van der Waals surface area (Å²) < 4.78 is 39.1.